The fourth-order valence-corrected chi connectivity index (χ4v) is 7.96. The lowest BCUT2D eigenvalue weighted by Crippen LogP contribution is -2.54. The average molecular weight is 376 g/mol. The van der Waals surface area contributed by atoms with Gasteiger partial charge in [-0.25, -0.2) is 0 Å². The number of aliphatic hydroxyl groups is 1. The van der Waals surface area contributed by atoms with E-state index in [4.69, 9.17) is 9.05 Å². The van der Waals surface area contributed by atoms with E-state index in [0.29, 0.717) is 0 Å². The molecule has 0 spiro atoms. The summed E-state index contributed by atoms with van der Waals surface area (Å²) >= 11 is 0. The number of rotatable bonds is 4. The molecule has 4 nitrogen and oxygen atoms in total. The lowest BCUT2D eigenvalue weighted by atomic mass is 9.57. The minimum Gasteiger partial charge on any atom is -0.377 e. The molecule has 1 aromatic rings. The largest absolute Gasteiger partial charge is 0.377 e. The van der Waals surface area contributed by atoms with Gasteiger partial charge in [0.15, 0.2) is 5.34 Å². The highest BCUT2D eigenvalue weighted by Gasteiger charge is 2.65. The molecular weight excluding hydrogens is 347 g/mol. The van der Waals surface area contributed by atoms with Gasteiger partial charge in [0.05, 0.1) is 0 Å². The topological polar surface area (TPSA) is 55.8 Å². The van der Waals surface area contributed by atoms with Crippen molar-refractivity contribution in [2.24, 2.45) is 11.8 Å². The molecule has 1 N–H and O–H groups in total. The minimum absolute atomic E-state index is 0.103. The Morgan fingerprint density at radius 2 is 1.65 bits per heavy atom. The maximum Gasteiger partial charge on any atom is 0.362 e. The SMILES string of the molecule is COP(=O)(OC)C1(O)C2CCCC1C(c1ccccc1)C1=C2CCCC1. The van der Waals surface area contributed by atoms with Crippen LogP contribution in [-0.4, -0.2) is 24.7 Å². The standard InChI is InChI=1S/C21H29O4P/c1-24-26(23,25-2)21(22)18-13-8-14-19(21)20(15-9-4-3-5-10-15)17-12-7-6-11-16(17)18/h3-5,9-10,18-20,22H,6-8,11-14H2,1-2H3. The van der Waals surface area contributed by atoms with E-state index >= 15 is 0 Å². The van der Waals surface area contributed by atoms with E-state index in [1.165, 1.54) is 37.4 Å². The fraction of sp³-hybridized carbons (Fsp3) is 0.619. The van der Waals surface area contributed by atoms with E-state index in [9.17, 15) is 9.67 Å². The van der Waals surface area contributed by atoms with Crippen LogP contribution in [0.1, 0.15) is 56.4 Å². The maximum absolute atomic E-state index is 13.6. The van der Waals surface area contributed by atoms with Gasteiger partial charge in [-0.15, -0.1) is 0 Å². The molecule has 3 aliphatic carbocycles. The van der Waals surface area contributed by atoms with Crippen LogP contribution in [0.5, 0.6) is 0 Å². The van der Waals surface area contributed by atoms with Crippen molar-refractivity contribution >= 4 is 7.60 Å². The normalized spacial score (nSPS) is 34.5. The van der Waals surface area contributed by atoms with Gasteiger partial charge in [0.1, 0.15) is 0 Å². The van der Waals surface area contributed by atoms with E-state index in [2.05, 4.69) is 24.3 Å². The first-order valence-corrected chi connectivity index (χ1v) is 11.3. The molecule has 4 atom stereocenters. The van der Waals surface area contributed by atoms with Crippen LogP contribution >= 0.6 is 7.60 Å². The Morgan fingerprint density at radius 3 is 2.31 bits per heavy atom. The van der Waals surface area contributed by atoms with Crippen molar-refractivity contribution < 1.29 is 18.7 Å². The number of benzene rings is 1. The molecule has 2 bridgehead atoms. The van der Waals surface area contributed by atoms with Gasteiger partial charge in [-0.05, 0) is 44.1 Å². The lowest BCUT2D eigenvalue weighted by Gasteiger charge is -2.56. The highest BCUT2D eigenvalue weighted by atomic mass is 31.2. The summed E-state index contributed by atoms with van der Waals surface area (Å²) in [4.78, 5) is 0. The summed E-state index contributed by atoms with van der Waals surface area (Å²) in [7, 11) is -0.840. The zero-order valence-corrected chi connectivity index (χ0v) is 16.6. The molecule has 0 aliphatic heterocycles. The quantitative estimate of drug-likeness (QED) is 0.576. The molecular formula is C21H29O4P. The predicted octanol–water partition coefficient (Wildman–Crippen LogP) is 5.25. The van der Waals surface area contributed by atoms with Gasteiger partial charge >= 0.3 is 7.60 Å². The molecule has 4 rings (SSSR count). The number of hydrogen-bond donors (Lipinski definition) is 1. The van der Waals surface area contributed by atoms with Crippen molar-refractivity contribution in [3.05, 3.63) is 47.0 Å². The third-order valence-electron chi connectivity index (χ3n) is 6.90. The molecule has 0 saturated heterocycles. The van der Waals surface area contributed by atoms with Crippen molar-refractivity contribution in [3.8, 4) is 0 Å². The molecule has 142 valence electrons. The van der Waals surface area contributed by atoms with Crippen LogP contribution in [0.4, 0.5) is 0 Å². The molecule has 26 heavy (non-hydrogen) atoms. The summed E-state index contributed by atoms with van der Waals surface area (Å²) < 4.78 is 24.4. The summed E-state index contributed by atoms with van der Waals surface area (Å²) in [6, 6.07) is 10.4. The first kappa shape index (κ1) is 18.4. The van der Waals surface area contributed by atoms with E-state index in [1.54, 1.807) is 0 Å². The zero-order chi connectivity index (χ0) is 18.4. The second-order valence-corrected chi connectivity index (χ2v) is 10.3. The van der Waals surface area contributed by atoms with E-state index < -0.39 is 12.9 Å². The molecule has 1 aromatic carbocycles. The van der Waals surface area contributed by atoms with Crippen LogP contribution in [0.15, 0.2) is 41.5 Å². The monoisotopic (exact) mass is 376 g/mol. The molecule has 1 saturated carbocycles. The predicted molar refractivity (Wildman–Crippen MR) is 102 cm³/mol. The number of allylic oxidation sites excluding steroid dienone is 1. The molecule has 1 fully saturated rings. The third kappa shape index (κ3) is 2.50. The second-order valence-electron chi connectivity index (χ2n) is 7.88. The minimum atomic E-state index is -3.65. The Kier molecular flexibility index (Phi) is 4.90. The Hall–Kier alpha value is -0.930. The highest BCUT2D eigenvalue weighted by molar-refractivity contribution is 7.55. The van der Waals surface area contributed by atoms with E-state index in [0.717, 1.165) is 38.5 Å². The third-order valence-corrected chi connectivity index (χ3v) is 9.38. The summed E-state index contributed by atoms with van der Waals surface area (Å²) in [6.07, 6.45) is 7.18. The van der Waals surface area contributed by atoms with Gasteiger partial charge in [0, 0.05) is 32.0 Å². The van der Waals surface area contributed by atoms with Gasteiger partial charge in [-0.1, -0.05) is 47.9 Å². The molecule has 5 heteroatoms. The van der Waals surface area contributed by atoms with Crippen LogP contribution in [0.3, 0.4) is 0 Å². The molecule has 0 aromatic heterocycles. The van der Waals surface area contributed by atoms with Gasteiger partial charge in [-0.3, -0.25) is 4.57 Å². The molecule has 0 amide bonds. The van der Waals surface area contributed by atoms with E-state index in [-0.39, 0.29) is 17.8 Å². The molecule has 0 radical (unpaired) electrons. The van der Waals surface area contributed by atoms with Crippen molar-refractivity contribution in [3.63, 3.8) is 0 Å². The molecule has 0 heterocycles. The summed E-state index contributed by atoms with van der Waals surface area (Å²) in [5.41, 5.74) is 4.03. The van der Waals surface area contributed by atoms with Crippen LogP contribution in [0.2, 0.25) is 0 Å². The van der Waals surface area contributed by atoms with Crippen molar-refractivity contribution in [1.29, 1.82) is 0 Å². The first-order valence-electron chi connectivity index (χ1n) is 9.77. The fourth-order valence-electron chi connectivity index (χ4n) is 5.87. The van der Waals surface area contributed by atoms with Crippen molar-refractivity contribution in [2.75, 3.05) is 14.2 Å². The first-order chi connectivity index (χ1) is 12.6. The Morgan fingerprint density at radius 1 is 1.00 bits per heavy atom. The number of hydrogen-bond acceptors (Lipinski definition) is 4. The van der Waals surface area contributed by atoms with Gasteiger partial charge in [0.2, 0.25) is 0 Å². The smallest absolute Gasteiger partial charge is 0.362 e. The van der Waals surface area contributed by atoms with Gasteiger partial charge < -0.3 is 14.2 Å². The molecule has 4 unspecified atom stereocenters. The lowest BCUT2D eigenvalue weighted by molar-refractivity contribution is -0.0529. The Labute approximate surface area is 156 Å². The Bertz CT molecular complexity index is 736. The summed E-state index contributed by atoms with van der Waals surface area (Å²) in [5, 5.41) is 10.6. The Balaban J connectivity index is 1.94. The van der Waals surface area contributed by atoms with Gasteiger partial charge in [0.25, 0.3) is 0 Å². The van der Waals surface area contributed by atoms with Crippen LogP contribution < -0.4 is 0 Å². The highest BCUT2D eigenvalue weighted by Crippen LogP contribution is 2.73. The van der Waals surface area contributed by atoms with Gasteiger partial charge in [-0.2, -0.15) is 0 Å². The van der Waals surface area contributed by atoms with Crippen LogP contribution in [0, 0.1) is 11.8 Å². The summed E-state index contributed by atoms with van der Waals surface area (Å²) in [5.74, 6) is -0.139. The number of fused-ring (bicyclic) bond motifs is 3. The summed E-state index contributed by atoms with van der Waals surface area (Å²) in [6.45, 7) is 0. The maximum atomic E-state index is 13.6. The average Bonchev–Trinajstić information content (AvgIpc) is 2.68. The van der Waals surface area contributed by atoms with Crippen molar-refractivity contribution in [1.82, 2.24) is 0 Å². The second kappa shape index (κ2) is 6.91. The van der Waals surface area contributed by atoms with E-state index in [1.807, 2.05) is 6.07 Å². The zero-order valence-electron chi connectivity index (χ0n) is 15.7. The van der Waals surface area contributed by atoms with Crippen LogP contribution in [0.25, 0.3) is 0 Å². The molecule has 3 aliphatic rings. The van der Waals surface area contributed by atoms with Crippen LogP contribution in [-0.2, 0) is 13.6 Å². The van der Waals surface area contributed by atoms with Crippen molar-refractivity contribution in [2.45, 2.75) is 56.2 Å².